The predicted molar refractivity (Wildman–Crippen MR) is 96.9 cm³/mol. The van der Waals surface area contributed by atoms with Gasteiger partial charge in [-0.25, -0.2) is 4.39 Å². The highest BCUT2D eigenvalue weighted by Gasteiger charge is 2.45. The molecule has 0 amide bonds. The first-order chi connectivity index (χ1) is 12.4. The highest BCUT2D eigenvalue weighted by molar-refractivity contribution is 6.35. The molecule has 1 heterocycles. The minimum Gasteiger partial charge on any atom is -0.392 e. The van der Waals surface area contributed by atoms with E-state index in [4.69, 9.17) is 23.2 Å². The highest BCUT2D eigenvalue weighted by Crippen LogP contribution is 2.43. The van der Waals surface area contributed by atoms with Crippen LogP contribution in [0.5, 0.6) is 0 Å². The average Bonchev–Trinajstić information content (AvgIpc) is 2.63. The molecule has 0 fully saturated rings. The van der Waals surface area contributed by atoms with E-state index in [1.54, 1.807) is 12.1 Å². The molecule has 26 heavy (non-hydrogen) atoms. The number of pyridine rings is 1. The Morgan fingerprint density at radius 2 is 2.15 bits per heavy atom. The van der Waals surface area contributed by atoms with Gasteiger partial charge in [0.25, 0.3) is 0 Å². The van der Waals surface area contributed by atoms with Gasteiger partial charge < -0.3 is 10.2 Å². The van der Waals surface area contributed by atoms with Crippen LogP contribution in [0.25, 0.3) is 0 Å². The maximum atomic E-state index is 15.6. The lowest BCUT2D eigenvalue weighted by Crippen LogP contribution is -2.37. The van der Waals surface area contributed by atoms with Crippen molar-refractivity contribution in [3.63, 3.8) is 0 Å². The molecule has 1 aliphatic carbocycles. The fraction of sp³-hybridized carbons (Fsp3) is 0.368. The summed E-state index contributed by atoms with van der Waals surface area (Å²) in [5.41, 5.74) is -0.730. The zero-order valence-corrected chi connectivity index (χ0v) is 15.4. The van der Waals surface area contributed by atoms with E-state index in [0.29, 0.717) is 21.2 Å². The summed E-state index contributed by atoms with van der Waals surface area (Å²) in [6.45, 7) is -0.274. The Kier molecular flexibility index (Phi) is 5.63. The highest BCUT2D eigenvalue weighted by atomic mass is 35.5. The van der Waals surface area contributed by atoms with Crippen LogP contribution in [0.2, 0.25) is 10.0 Å². The number of ketones is 1. The number of alkyl halides is 1. The number of fused-ring (bicyclic) bond motifs is 1. The smallest absolute Gasteiger partial charge is 0.195 e. The summed E-state index contributed by atoms with van der Waals surface area (Å²) in [7, 11) is 0. The summed E-state index contributed by atoms with van der Waals surface area (Å²) in [5.74, 6) is -0.589. The van der Waals surface area contributed by atoms with Gasteiger partial charge in [-0.05, 0) is 48.6 Å². The second kappa shape index (κ2) is 7.61. The van der Waals surface area contributed by atoms with Crippen LogP contribution in [0.15, 0.2) is 30.5 Å². The molecule has 0 radical (unpaired) electrons. The van der Waals surface area contributed by atoms with E-state index < -0.39 is 17.6 Å². The molecule has 0 spiro atoms. The van der Waals surface area contributed by atoms with E-state index in [1.165, 1.54) is 18.3 Å². The van der Waals surface area contributed by atoms with Crippen LogP contribution in [-0.4, -0.2) is 21.0 Å². The summed E-state index contributed by atoms with van der Waals surface area (Å²) in [6, 6.07) is 6.16. The second-order valence-corrected chi connectivity index (χ2v) is 7.24. The number of aliphatic hydroxyl groups is 2. The van der Waals surface area contributed by atoms with Crippen LogP contribution in [0.3, 0.4) is 0 Å². The molecule has 0 aliphatic heterocycles. The van der Waals surface area contributed by atoms with Crippen molar-refractivity contribution in [1.29, 1.82) is 0 Å². The summed E-state index contributed by atoms with van der Waals surface area (Å²) >= 11 is 12.1. The fourth-order valence-electron chi connectivity index (χ4n) is 3.43. The van der Waals surface area contributed by atoms with Gasteiger partial charge in [-0.2, -0.15) is 0 Å². The molecular weight excluding hydrogens is 380 g/mol. The van der Waals surface area contributed by atoms with Crippen LogP contribution in [0.4, 0.5) is 4.39 Å². The van der Waals surface area contributed by atoms with Crippen LogP contribution < -0.4 is 0 Å². The van der Waals surface area contributed by atoms with E-state index in [0.717, 1.165) is 0 Å². The molecule has 2 atom stereocenters. The first kappa shape index (κ1) is 19.2. The number of carbonyl (C=O) groups excluding carboxylic acids is 1. The van der Waals surface area contributed by atoms with Crippen LogP contribution >= 0.6 is 23.2 Å². The number of halogens is 3. The Morgan fingerprint density at radius 3 is 2.88 bits per heavy atom. The number of Topliss-reactive ketones (excluding diaryl/α,β-unsaturated/α-hetero) is 1. The molecule has 4 nitrogen and oxygen atoms in total. The van der Waals surface area contributed by atoms with Gasteiger partial charge in [0.15, 0.2) is 11.5 Å². The fourth-order valence-corrected chi connectivity index (χ4v) is 4.06. The quantitative estimate of drug-likeness (QED) is 0.797. The van der Waals surface area contributed by atoms with Crippen molar-refractivity contribution in [3.8, 4) is 0 Å². The lowest BCUT2D eigenvalue weighted by Gasteiger charge is -2.32. The zero-order chi connectivity index (χ0) is 18.9. The van der Waals surface area contributed by atoms with E-state index in [2.05, 4.69) is 4.98 Å². The molecule has 2 N–H and O–H groups in total. The first-order valence-corrected chi connectivity index (χ1v) is 9.05. The topological polar surface area (TPSA) is 70.4 Å². The van der Waals surface area contributed by atoms with E-state index in [-0.39, 0.29) is 43.5 Å². The van der Waals surface area contributed by atoms with E-state index in [9.17, 15) is 15.0 Å². The summed E-state index contributed by atoms with van der Waals surface area (Å²) in [5, 5.41) is 20.2. The molecule has 3 rings (SSSR count). The van der Waals surface area contributed by atoms with Crippen molar-refractivity contribution in [3.05, 3.63) is 62.9 Å². The van der Waals surface area contributed by atoms with Crippen molar-refractivity contribution in [2.75, 3.05) is 0 Å². The van der Waals surface area contributed by atoms with Gasteiger partial charge in [-0.15, -0.1) is 0 Å². The summed E-state index contributed by atoms with van der Waals surface area (Å²) in [6.07, 6.45) is 0.751. The van der Waals surface area contributed by atoms with Crippen molar-refractivity contribution >= 4 is 29.0 Å². The Balaban J connectivity index is 1.85. The van der Waals surface area contributed by atoms with Crippen LogP contribution in [0.1, 0.15) is 47.8 Å². The van der Waals surface area contributed by atoms with Crippen molar-refractivity contribution in [1.82, 2.24) is 4.98 Å². The first-order valence-electron chi connectivity index (χ1n) is 8.30. The van der Waals surface area contributed by atoms with Gasteiger partial charge >= 0.3 is 0 Å². The number of rotatable bonds is 5. The summed E-state index contributed by atoms with van der Waals surface area (Å²) < 4.78 is 15.6. The van der Waals surface area contributed by atoms with Gasteiger partial charge in [0.2, 0.25) is 0 Å². The van der Waals surface area contributed by atoms with Gasteiger partial charge in [-0.1, -0.05) is 29.3 Å². The number of aliphatic hydroxyl groups excluding tert-OH is 2. The molecule has 0 saturated heterocycles. The lowest BCUT2D eigenvalue weighted by molar-refractivity contribution is -0.133. The predicted octanol–water partition coefficient (Wildman–Crippen LogP) is 4.07. The Morgan fingerprint density at radius 1 is 1.38 bits per heavy atom. The van der Waals surface area contributed by atoms with Gasteiger partial charge in [-0.3, -0.25) is 9.78 Å². The third-order valence-corrected chi connectivity index (χ3v) is 5.37. The minimum atomic E-state index is -2.18. The molecule has 2 aromatic rings. The standard InChI is InChI=1S/C19H18Cl2FNO3/c20-12-8-11(10-24)13(15(21)9-12)3-4-17(26)19(22)6-5-16(25)18-14(19)2-1-7-23-18/h1-2,7-9,16,24-25H,3-6,10H2. The third kappa shape index (κ3) is 3.49. The van der Waals surface area contributed by atoms with E-state index in [1.807, 2.05) is 0 Å². The molecule has 1 aliphatic rings. The molecule has 1 aromatic carbocycles. The van der Waals surface area contributed by atoms with Gasteiger partial charge in [0, 0.05) is 28.2 Å². The molecule has 0 bridgehead atoms. The molecular formula is C19H18Cl2FNO3. The largest absolute Gasteiger partial charge is 0.392 e. The van der Waals surface area contributed by atoms with E-state index >= 15 is 4.39 Å². The van der Waals surface area contributed by atoms with Gasteiger partial charge in [0.1, 0.15) is 0 Å². The van der Waals surface area contributed by atoms with Crippen molar-refractivity contribution in [2.45, 2.75) is 44.1 Å². The Labute approximate surface area is 160 Å². The molecule has 1 aromatic heterocycles. The Hall–Kier alpha value is -1.53. The zero-order valence-electron chi connectivity index (χ0n) is 13.9. The minimum absolute atomic E-state index is 0.0880. The maximum absolute atomic E-state index is 15.6. The number of aromatic nitrogens is 1. The molecule has 138 valence electrons. The third-order valence-electron chi connectivity index (χ3n) is 4.81. The normalized spacial score (nSPS) is 22.1. The SMILES string of the molecule is O=C(CCc1c(Cl)cc(Cl)cc1CO)C1(F)CCC(O)c2ncccc21. The summed E-state index contributed by atoms with van der Waals surface area (Å²) in [4.78, 5) is 16.8. The Bertz CT molecular complexity index is 846. The van der Waals surface area contributed by atoms with Crippen LogP contribution in [-0.2, 0) is 23.5 Å². The average molecular weight is 398 g/mol. The number of carbonyl (C=O) groups is 1. The number of hydrogen-bond donors (Lipinski definition) is 2. The molecule has 2 unspecified atom stereocenters. The van der Waals surface area contributed by atoms with Crippen LogP contribution in [0, 0.1) is 0 Å². The lowest BCUT2D eigenvalue weighted by atomic mass is 9.77. The monoisotopic (exact) mass is 397 g/mol. The number of hydrogen-bond acceptors (Lipinski definition) is 4. The second-order valence-electron chi connectivity index (χ2n) is 6.40. The van der Waals surface area contributed by atoms with Gasteiger partial charge in [0.05, 0.1) is 18.4 Å². The molecule has 0 saturated carbocycles. The van der Waals surface area contributed by atoms with Crippen molar-refractivity contribution in [2.24, 2.45) is 0 Å². The number of benzene rings is 1. The maximum Gasteiger partial charge on any atom is 0.195 e. The van der Waals surface area contributed by atoms with Crippen molar-refractivity contribution < 1.29 is 19.4 Å². The number of nitrogens with zero attached hydrogens (tertiary/aromatic N) is 1. The molecule has 7 heteroatoms.